The molecule has 1 N–H and O–H groups in total. The molecule has 124 valence electrons. The lowest BCUT2D eigenvalue weighted by Crippen LogP contribution is -2.48. The number of rotatable bonds is 2. The van der Waals surface area contributed by atoms with Crippen LogP contribution in [-0.4, -0.2) is 38.4 Å². The number of hydrogen-bond donors (Lipinski definition) is 1. The van der Waals surface area contributed by atoms with Gasteiger partial charge in [-0.1, -0.05) is 6.07 Å². The van der Waals surface area contributed by atoms with Gasteiger partial charge in [0.25, 0.3) is 0 Å². The van der Waals surface area contributed by atoms with Gasteiger partial charge >= 0.3 is 6.18 Å². The van der Waals surface area contributed by atoms with Gasteiger partial charge in [-0.3, -0.25) is 9.59 Å². The Hall–Kier alpha value is -1.77. The number of amides is 2. The number of fused-ring (bicyclic) bond motifs is 1. The van der Waals surface area contributed by atoms with Gasteiger partial charge < -0.3 is 10.2 Å². The monoisotopic (exact) mass is 345 g/mol. The van der Waals surface area contributed by atoms with E-state index in [2.05, 4.69) is 10.3 Å². The normalized spacial score (nSPS) is 27.2. The van der Waals surface area contributed by atoms with Crippen LogP contribution in [0.3, 0.4) is 0 Å². The van der Waals surface area contributed by atoms with Gasteiger partial charge in [0.2, 0.25) is 11.8 Å². The standard InChI is InChI=1S/C14H14F3N3O2S/c1-13-6-5-11(21)20(13)8(7-23-13)12(22)19-10-4-2-3-9(18-10)14(15,16)17/h2-4,8H,5-7H2,1H3,(H,18,19,22)/t8-,13-/m1/s1. The van der Waals surface area contributed by atoms with Crippen molar-refractivity contribution in [1.82, 2.24) is 9.88 Å². The predicted molar refractivity (Wildman–Crippen MR) is 78.6 cm³/mol. The quantitative estimate of drug-likeness (QED) is 0.895. The number of thioether (sulfide) groups is 1. The van der Waals surface area contributed by atoms with Crippen molar-refractivity contribution in [3.05, 3.63) is 23.9 Å². The second-order valence-corrected chi connectivity index (χ2v) is 7.16. The Balaban J connectivity index is 1.77. The summed E-state index contributed by atoms with van der Waals surface area (Å²) in [4.78, 5) is 28.9. The second-order valence-electron chi connectivity index (χ2n) is 5.66. The number of nitrogens with zero attached hydrogens (tertiary/aromatic N) is 2. The van der Waals surface area contributed by atoms with Crippen molar-refractivity contribution in [3.8, 4) is 0 Å². The molecule has 0 aromatic carbocycles. The number of alkyl halides is 3. The van der Waals surface area contributed by atoms with E-state index in [-0.39, 0.29) is 11.7 Å². The highest BCUT2D eigenvalue weighted by Gasteiger charge is 2.52. The number of carbonyl (C=O) groups excluding carboxylic acids is 2. The highest BCUT2D eigenvalue weighted by molar-refractivity contribution is 8.01. The molecule has 0 saturated carbocycles. The first-order chi connectivity index (χ1) is 10.7. The molecule has 23 heavy (non-hydrogen) atoms. The van der Waals surface area contributed by atoms with Crippen LogP contribution >= 0.6 is 11.8 Å². The van der Waals surface area contributed by atoms with E-state index in [0.29, 0.717) is 18.6 Å². The summed E-state index contributed by atoms with van der Waals surface area (Å²) in [7, 11) is 0. The second kappa shape index (κ2) is 5.40. The van der Waals surface area contributed by atoms with Crippen LogP contribution in [0.1, 0.15) is 25.5 Å². The molecule has 5 nitrogen and oxygen atoms in total. The van der Waals surface area contributed by atoms with E-state index in [1.807, 2.05) is 6.92 Å². The van der Waals surface area contributed by atoms with E-state index in [4.69, 9.17) is 0 Å². The van der Waals surface area contributed by atoms with Gasteiger partial charge in [0.15, 0.2) is 0 Å². The molecule has 0 radical (unpaired) electrons. The van der Waals surface area contributed by atoms with Crippen molar-refractivity contribution in [3.63, 3.8) is 0 Å². The van der Waals surface area contributed by atoms with Crippen molar-refractivity contribution in [1.29, 1.82) is 0 Å². The zero-order chi connectivity index (χ0) is 16.8. The minimum absolute atomic E-state index is 0.102. The van der Waals surface area contributed by atoms with Crippen molar-refractivity contribution in [2.75, 3.05) is 11.1 Å². The number of pyridine rings is 1. The average molecular weight is 345 g/mol. The molecule has 0 aliphatic carbocycles. The van der Waals surface area contributed by atoms with Gasteiger partial charge in [-0.15, -0.1) is 11.8 Å². The van der Waals surface area contributed by atoms with Crippen molar-refractivity contribution in [2.24, 2.45) is 0 Å². The molecule has 2 atom stereocenters. The summed E-state index contributed by atoms with van der Waals surface area (Å²) >= 11 is 1.52. The Morgan fingerprint density at radius 2 is 2.22 bits per heavy atom. The Morgan fingerprint density at radius 1 is 1.48 bits per heavy atom. The van der Waals surface area contributed by atoms with Crippen LogP contribution in [0, 0.1) is 0 Å². The number of anilines is 1. The Labute approximate surface area is 134 Å². The van der Waals surface area contributed by atoms with Gasteiger partial charge in [0.1, 0.15) is 17.6 Å². The molecular formula is C14H14F3N3O2S. The maximum Gasteiger partial charge on any atom is 0.433 e. The van der Waals surface area contributed by atoms with Crippen LogP contribution in [0.15, 0.2) is 18.2 Å². The van der Waals surface area contributed by atoms with Crippen LogP contribution in [0.4, 0.5) is 19.0 Å². The van der Waals surface area contributed by atoms with Crippen LogP contribution in [0.5, 0.6) is 0 Å². The molecule has 9 heteroatoms. The zero-order valence-corrected chi connectivity index (χ0v) is 13.0. The molecule has 2 aliphatic heterocycles. The molecule has 0 bridgehead atoms. The third-order valence-corrected chi connectivity index (χ3v) is 5.54. The maximum absolute atomic E-state index is 12.7. The topological polar surface area (TPSA) is 62.3 Å². The first-order valence-corrected chi connectivity index (χ1v) is 8.00. The summed E-state index contributed by atoms with van der Waals surface area (Å²) < 4.78 is 38.0. The molecule has 2 amide bonds. The number of nitrogens with one attached hydrogen (secondary N) is 1. The molecule has 3 heterocycles. The minimum atomic E-state index is -4.58. The molecule has 2 fully saturated rings. The smallest absolute Gasteiger partial charge is 0.315 e. The summed E-state index contributed by atoms with van der Waals surface area (Å²) in [5.41, 5.74) is -1.07. The van der Waals surface area contributed by atoms with E-state index >= 15 is 0 Å². The fraction of sp³-hybridized carbons (Fsp3) is 0.500. The number of hydrogen-bond acceptors (Lipinski definition) is 4. The molecule has 0 unspecified atom stereocenters. The molecule has 1 aromatic heterocycles. The fourth-order valence-electron chi connectivity index (χ4n) is 2.89. The summed E-state index contributed by atoms with van der Waals surface area (Å²) in [5, 5.41) is 2.39. The molecule has 0 spiro atoms. The molecular weight excluding hydrogens is 331 g/mol. The van der Waals surface area contributed by atoms with Crippen molar-refractivity contribution < 1.29 is 22.8 Å². The van der Waals surface area contributed by atoms with Crippen LogP contribution in [-0.2, 0) is 15.8 Å². The Kier molecular flexibility index (Phi) is 3.78. The van der Waals surface area contributed by atoms with E-state index in [0.717, 1.165) is 6.07 Å². The van der Waals surface area contributed by atoms with Gasteiger partial charge in [-0.25, -0.2) is 4.98 Å². The third-order valence-electron chi connectivity index (χ3n) is 4.04. The zero-order valence-electron chi connectivity index (χ0n) is 12.2. The lowest BCUT2D eigenvalue weighted by molar-refractivity contribution is -0.141. The van der Waals surface area contributed by atoms with Crippen LogP contribution in [0.25, 0.3) is 0 Å². The van der Waals surface area contributed by atoms with Crippen LogP contribution < -0.4 is 5.32 Å². The van der Waals surface area contributed by atoms with Gasteiger partial charge in [0, 0.05) is 12.2 Å². The van der Waals surface area contributed by atoms with E-state index < -0.39 is 28.7 Å². The van der Waals surface area contributed by atoms with Gasteiger partial charge in [0.05, 0.1) is 4.87 Å². The van der Waals surface area contributed by atoms with Gasteiger partial charge in [-0.2, -0.15) is 13.2 Å². The maximum atomic E-state index is 12.7. The summed E-state index contributed by atoms with van der Waals surface area (Å²) in [6.45, 7) is 1.90. The first-order valence-electron chi connectivity index (χ1n) is 7.02. The van der Waals surface area contributed by atoms with Gasteiger partial charge in [-0.05, 0) is 25.5 Å². The first kappa shape index (κ1) is 16.1. The molecule has 3 rings (SSSR count). The average Bonchev–Trinajstić information content (AvgIpc) is 2.95. The summed E-state index contributed by atoms with van der Waals surface area (Å²) in [5.74, 6) is -0.361. The summed E-state index contributed by atoms with van der Waals surface area (Å²) in [6.07, 6.45) is -3.52. The number of aromatic nitrogens is 1. The highest BCUT2D eigenvalue weighted by Crippen LogP contribution is 2.47. The number of halogens is 3. The van der Waals surface area contributed by atoms with Crippen molar-refractivity contribution >= 4 is 29.4 Å². The SMILES string of the molecule is C[C@@]12CCC(=O)N1[C@@H](C(=O)Nc1cccc(C(F)(F)F)n1)CS2. The Morgan fingerprint density at radius 3 is 2.91 bits per heavy atom. The number of carbonyl (C=O) groups is 2. The summed E-state index contributed by atoms with van der Waals surface area (Å²) in [6, 6.07) is 2.62. The molecule has 2 aliphatic rings. The Bertz CT molecular complexity index is 667. The highest BCUT2D eigenvalue weighted by atomic mass is 32.2. The largest absolute Gasteiger partial charge is 0.433 e. The fourth-order valence-corrected chi connectivity index (χ4v) is 4.32. The van der Waals surface area contributed by atoms with Crippen molar-refractivity contribution in [2.45, 2.75) is 36.9 Å². The van der Waals surface area contributed by atoms with E-state index in [1.54, 1.807) is 4.90 Å². The lowest BCUT2D eigenvalue weighted by Gasteiger charge is -2.29. The molecule has 2 saturated heterocycles. The van der Waals surface area contributed by atoms with E-state index in [1.165, 1.54) is 23.9 Å². The minimum Gasteiger partial charge on any atom is -0.315 e. The molecule has 1 aromatic rings. The van der Waals surface area contributed by atoms with Crippen LogP contribution in [0.2, 0.25) is 0 Å². The predicted octanol–water partition coefficient (Wildman–Crippen LogP) is 2.49. The lowest BCUT2D eigenvalue weighted by atomic mass is 10.2. The van der Waals surface area contributed by atoms with E-state index in [9.17, 15) is 22.8 Å². The third kappa shape index (κ3) is 2.89.